The van der Waals surface area contributed by atoms with E-state index in [0.717, 1.165) is 0 Å². The third kappa shape index (κ3) is 5.72. The number of aromatic nitrogens is 2. The topological polar surface area (TPSA) is 73.3 Å². The van der Waals surface area contributed by atoms with E-state index in [-0.39, 0.29) is 11.3 Å². The van der Waals surface area contributed by atoms with Crippen molar-refractivity contribution in [2.24, 2.45) is 0 Å². The number of nitrogens with one attached hydrogen (secondary N) is 1. The van der Waals surface area contributed by atoms with Gasteiger partial charge in [-0.15, -0.1) is 0 Å². The third-order valence-electron chi connectivity index (χ3n) is 2.99. The molecule has 0 amide bonds. The maximum absolute atomic E-state index is 12.9. The Labute approximate surface area is 148 Å². The van der Waals surface area contributed by atoms with Crippen molar-refractivity contribution in [1.29, 1.82) is 0 Å². The first-order valence-corrected chi connectivity index (χ1v) is 7.09. The quantitative estimate of drug-likeness (QED) is 0.610. The minimum atomic E-state index is -5.00. The highest BCUT2D eigenvalue weighted by Gasteiger charge is 2.38. The summed E-state index contributed by atoms with van der Waals surface area (Å²) in [6.45, 7) is -1.94. The molecule has 0 aliphatic heterocycles. The van der Waals surface area contributed by atoms with Crippen LogP contribution in [0.15, 0.2) is 30.5 Å². The summed E-state index contributed by atoms with van der Waals surface area (Å²) in [5.41, 5.74) is -1.06. The van der Waals surface area contributed by atoms with Gasteiger partial charge in [-0.05, 0) is 24.3 Å². The molecular formula is C15H11F6N3O3. The number of anilines is 2. The van der Waals surface area contributed by atoms with Gasteiger partial charge in [-0.1, -0.05) is 0 Å². The first kappa shape index (κ1) is 20.3. The number of carbonyl (C=O) groups is 1. The van der Waals surface area contributed by atoms with E-state index in [0.29, 0.717) is 6.20 Å². The fraction of sp³-hybridized carbons (Fsp3) is 0.267. The molecule has 0 saturated carbocycles. The highest BCUT2D eigenvalue weighted by molar-refractivity contribution is 5.89. The molecule has 0 atom stereocenters. The molecule has 1 aromatic heterocycles. The molecule has 0 radical (unpaired) electrons. The largest absolute Gasteiger partial charge is 0.467 e. The highest BCUT2D eigenvalue weighted by Crippen LogP contribution is 2.36. The second-order valence-electron chi connectivity index (χ2n) is 5.01. The van der Waals surface area contributed by atoms with Crippen molar-refractivity contribution in [3.05, 3.63) is 41.6 Å². The number of esters is 1. The van der Waals surface area contributed by atoms with Gasteiger partial charge < -0.3 is 14.8 Å². The molecule has 2 rings (SSSR count). The summed E-state index contributed by atoms with van der Waals surface area (Å²) in [5, 5.41) is 2.50. The Bertz CT molecular complexity index is 806. The molecule has 146 valence electrons. The monoisotopic (exact) mass is 395 g/mol. The van der Waals surface area contributed by atoms with Crippen molar-refractivity contribution in [2.45, 2.75) is 12.4 Å². The number of carbonyl (C=O) groups excluding carboxylic acids is 1. The van der Waals surface area contributed by atoms with E-state index in [2.05, 4.69) is 24.8 Å². The molecule has 0 aliphatic carbocycles. The van der Waals surface area contributed by atoms with Crippen molar-refractivity contribution < 1.29 is 40.6 Å². The lowest BCUT2D eigenvalue weighted by Gasteiger charge is -2.15. The Morgan fingerprint density at radius 2 is 1.74 bits per heavy atom. The summed E-state index contributed by atoms with van der Waals surface area (Å²) in [6, 6.07) is 5.48. The van der Waals surface area contributed by atoms with Crippen LogP contribution in [0.5, 0.6) is 5.88 Å². The lowest BCUT2D eigenvalue weighted by molar-refractivity contribution is -0.159. The van der Waals surface area contributed by atoms with E-state index in [1.165, 1.54) is 31.4 Å². The van der Waals surface area contributed by atoms with Gasteiger partial charge in [0, 0.05) is 11.9 Å². The Hall–Kier alpha value is -3.05. The fourth-order valence-electron chi connectivity index (χ4n) is 1.82. The third-order valence-corrected chi connectivity index (χ3v) is 2.99. The van der Waals surface area contributed by atoms with Crippen LogP contribution in [0.2, 0.25) is 0 Å². The zero-order chi connectivity index (χ0) is 20.2. The van der Waals surface area contributed by atoms with Gasteiger partial charge in [0.05, 0.1) is 12.7 Å². The number of halogens is 6. The van der Waals surface area contributed by atoms with Crippen LogP contribution in [0, 0.1) is 0 Å². The van der Waals surface area contributed by atoms with Crippen molar-refractivity contribution in [3.63, 3.8) is 0 Å². The van der Waals surface area contributed by atoms with Gasteiger partial charge >= 0.3 is 18.3 Å². The van der Waals surface area contributed by atoms with Crippen LogP contribution in [0.1, 0.15) is 15.9 Å². The summed E-state index contributed by atoms with van der Waals surface area (Å²) in [7, 11) is 1.19. The summed E-state index contributed by atoms with van der Waals surface area (Å²) >= 11 is 0. The van der Waals surface area contributed by atoms with E-state index in [1.54, 1.807) is 0 Å². The van der Waals surface area contributed by atoms with Gasteiger partial charge in [0.25, 0.3) is 0 Å². The summed E-state index contributed by atoms with van der Waals surface area (Å²) in [5.74, 6) is -2.29. The number of methoxy groups -OCH3 is 1. The molecule has 0 saturated heterocycles. The molecule has 1 aromatic carbocycles. The SMILES string of the molecule is COC(=O)c1ccc(Nc2ncc(C(F)(F)F)c(OCC(F)(F)F)n2)cc1. The normalized spacial score (nSPS) is 11.8. The second-order valence-corrected chi connectivity index (χ2v) is 5.01. The van der Waals surface area contributed by atoms with E-state index < -0.39 is 42.3 Å². The van der Waals surface area contributed by atoms with Gasteiger partial charge in [0.15, 0.2) is 6.61 Å². The smallest absolute Gasteiger partial charge is 0.423 e. The van der Waals surface area contributed by atoms with Gasteiger partial charge in [-0.2, -0.15) is 31.3 Å². The van der Waals surface area contributed by atoms with E-state index >= 15 is 0 Å². The average Bonchev–Trinajstić information content (AvgIpc) is 2.58. The van der Waals surface area contributed by atoms with Crippen molar-refractivity contribution in [1.82, 2.24) is 9.97 Å². The predicted molar refractivity (Wildman–Crippen MR) is 79.6 cm³/mol. The maximum atomic E-state index is 12.9. The van der Waals surface area contributed by atoms with Crippen LogP contribution in [-0.2, 0) is 10.9 Å². The number of hydrogen-bond donors (Lipinski definition) is 1. The number of benzene rings is 1. The lowest BCUT2D eigenvalue weighted by atomic mass is 10.2. The van der Waals surface area contributed by atoms with Crippen molar-refractivity contribution >= 4 is 17.6 Å². The van der Waals surface area contributed by atoms with E-state index in [4.69, 9.17) is 0 Å². The van der Waals surface area contributed by atoms with Gasteiger partial charge in [-0.25, -0.2) is 9.78 Å². The number of alkyl halides is 6. The van der Waals surface area contributed by atoms with E-state index in [1.807, 2.05) is 0 Å². The lowest BCUT2D eigenvalue weighted by Crippen LogP contribution is -2.22. The Morgan fingerprint density at radius 1 is 1.11 bits per heavy atom. The van der Waals surface area contributed by atoms with Crippen LogP contribution in [0.25, 0.3) is 0 Å². The van der Waals surface area contributed by atoms with Crippen LogP contribution in [0.4, 0.5) is 38.0 Å². The molecule has 1 N–H and O–H groups in total. The first-order chi connectivity index (χ1) is 12.5. The molecule has 0 aliphatic rings. The number of ether oxygens (including phenoxy) is 2. The van der Waals surface area contributed by atoms with Crippen LogP contribution >= 0.6 is 0 Å². The minimum Gasteiger partial charge on any atom is -0.467 e. The molecule has 0 spiro atoms. The molecule has 2 aromatic rings. The van der Waals surface area contributed by atoms with Gasteiger partial charge in [0.2, 0.25) is 11.8 Å². The van der Waals surface area contributed by atoms with E-state index in [9.17, 15) is 31.1 Å². The number of nitrogens with zero attached hydrogens (tertiary/aromatic N) is 2. The molecule has 0 bridgehead atoms. The zero-order valence-electron chi connectivity index (χ0n) is 13.5. The first-order valence-electron chi connectivity index (χ1n) is 7.09. The molecular weight excluding hydrogens is 384 g/mol. The van der Waals surface area contributed by atoms with Crippen LogP contribution < -0.4 is 10.1 Å². The van der Waals surface area contributed by atoms with Crippen molar-refractivity contribution in [3.8, 4) is 5.88 Å². The van der Waals surface area contributed by atoms with Crippen molar-refractivity contribution in [2.75, 3.05) is 19.0 Å². The van der Waals surface area contributed by atoms with Crippen LogP contribution in [-0.4, -0.2) is 35.8 Å². The molecule has 27 heavy (non-hydrogen) atoms. The standard InChI is InChI=1S/C15H11F6N3O3/c1-26-12(25)8-2-4-9(5-3-8)23-13-22-6-10(15(19,20)21)11(24-13)27-7-14(16,17)18/h2-6H,7H2,1H3,(H,22,23,24). The Kier molecular flexibility index (Phi) is 5.76. The molecule has 0 unspecified atom stereocenters. The summed E-state index contributed by atoms with van der Waals surface area (Å²) < 4.78 is 84.0. The Morgan fingerprint density at radius 3 is 2.26 bits per heavy atom. The molecule has 6 nitrogen and oxygen atoms in total. The number of rotatable bonds is 5. The van der Waals surface area contributed by atoms with Gasteiger partial charge in [-0.3, -0.25) is 0 Å². The number of hydrogen-bond acceptors (Lipinski definition) is 6. The maximum Gasteiger partial charge on any atom is 0.423 e. The second kappa shape index (κ2) is 7.68. The predicted octanol–water partition coefficient (Wildman–Crippen LogP) is 3.97. The average molecular weight is 395 g/mol. The van der Waals surface area contributed by atoms with Crippen LogP contribution in [0.3, 0.4) is 0 Å². The molecule has 1 heterocycles. The summed E-state index contributed by atoms with van der Waals surface area (Å²) in [4.78, 5) is 18.1. The zero-order valence-corrected chi connectivity index (χ0v) is 13.5. The molecule has 12 heteroatoms. The van der Waals surface area contributed by atoms with Gasteiger partial charge in [0.1, 0.15) is 5.56 Å². The molecule has 0 fully saturated rings. The summed E-state index contributed by atoms with van der Waals surface area (Å²) in [6.07, 6.45) is -9.53. The highest BCUT2D eigenvalue weighted by atomic mass is 19.4. The Balaban J connectivity index is 2.25. The fourth-order valence-corrected chi connectivity index (χ4v) is 1.82. The minimum absolute atomic E-state index is 0.214.